The largest absolute Gasteiger partial charge is 0.504 e. The summed E-state index contributed by atoms with van der Waals surface area (Å²) in [6.45, 7) is 6.34. The highest BCUT2D eigenvalue weighted by Gasteiger charge is 2.30. The van der Waals surface area contributed by atoms with E-state index in [1.807, 2.05) is 12.1 Å². The van der Waals surface area contributed by atoms with Crippen LogP contribution in [0.3, 0.4) is 0 Å². The Morgan fingerprint density at radius 1 is 1.43 bits per heavy atom. The molecule has 0 bridgehead atoms. The van der Waals surface area contributed by atoms with Crippen LogP contribution < -0.4 is 10.0 Å². The Balaban J connectivity index is 1.96. The molecule has 3 rings (SSSR count). The number of nitriles is 1. The molecule has 0 aromatic heterocycles. The van der Waals surface area contributed by atoms with E-state index < -0.39 is 16.3 Å². The number of aliphatic imine (C=N–C) groups is 1. The maximum Gasteiger partial charge on any atom is 0.345 e. The summed E-state index contributed by atoms with van der Waals surface area (Å²) >= 11 is 0. The minimum Gasteiger partial charge on any atom is -0.504 e. The van der Waals surface area contributed by atoms with E-state index in [0.717, 1.165) is 0 Å². The molecule has 0 saturated carbocycles. The number of para-hydroxylation sites is 1. The van der Waals surface area contributed by atoms with E-state index >= 15 is 0 Å². The third-order valence-electron chi connectivity index (χ3n) is 4.56. The fourth-order valence-electron chi connectivity index (χ4n) is 2.88. The van der Waals surface area contributed by atoms with E-state index in [2.05, 4.69) is 45.1 Å². The molecule has 0 spiro atoms. The number of hydrogen-bond acceptors (Lipinski definition) is 7. The average Bonchev–Trinajstić information content (AvgIpc) is 3.28. The lowest BCUT2D eigenvalue weighted by molar-refractivity contribution is 0.193. The van der Waals surface area contributed by atoms with E-state index in [0.29, 0.717) is 18.3 Å². The van der Waals surface area contributed by atoms with Crippen LogP contribution in [0.2, 0.25) is 0 Å². The molecule has 2 heterocycles. The van der Waals surface area contributed by atoms with Gasteiger partial charge in [-0.2, -0.15) is 13.7 Å². The number of amidine groups is 2. The zero-order valence-corrected chi connectivity index (χ0v) is 17.5. The quantitative estimate of drug-likeness (QED) is 0.496. The van der Waals surface area contributed by atoms with E-state index in [9.17, 15) is 13.5 Å². The zero-order chi connectivity index (χ0) is 21.9. The van der Waals surface area contributed by atoms with Crippen molar-refractivity contribution in [1.82, 2.24) is 4.72 Å². The Morgan fingerprint density at radius 2 is 2.20 bits per heavy atom. The molecular weight excluding hydrogens is 406 g/mol. The van der Waals surface area contributed by atoms with E-state index in [1.165, 1.54) is 12.1 Å². The van der Waals surface area contributed by atoms with Gasteiger partial charge in [0, 0.05) is 5.92 Å². The second kappa shape index (κ2) is 8.47. The van der Waals surface area contributed by atoms with E-state index in [1.54, 1.807) is 13.0 Å². The number of ether oxygens (including phenoxy) is 1. The number of phenolic OH excluding ortho intramolecular Hbond substituents is 1. The number of benzene rings is 1. The first-order valence-electron chi connectivity index (χ1n) is 9.21. The van der Waals surface area contributed by atoms with Crippen LogP contribution >= 0.6 is 0 Å². The molecule has 1 aromatic carbocycles. The van der Waals surface area contributed by atoms with Crippen LogP contribution in [0.1, 0.15) is 26.3 Å². The Hall–Kier alpha value is -3.50. The van der Waals surface area contributed by atoms with Gasteiger partial charge in [-0.15, -0.1) is 10.3 Å². The van der Waals surface area contributed by atoms with Gasteiger partial charge in [0.05, 0.1) is 17.9 Å². The second-order valence-electron chi connectivity index (χ2n) is 7.02. The fraction of sp³-hybridized carbons (Fsp3) is 0.350. The molecule has 0 aliphatic carbocycles. The van der Waals surface area contributed by atoms with E-state index in [-0.39, 0.29) is 34.6 Å². The lowest BCUT2D eigenvalue weighted by atomic mass is 9.97. The smallest absolute Gasteiger partial charge is 0.345 e. The Labute approximate surface area is 175 Å². The lowest BCUT2D eigenvalue weighted by Gasteiger charge is -2.12. The van der Waals surface area contributed by atoms with Gasteiger partial charge >= 0.3 is 10.2 Å². The van der Waals surface area contributed by atoms with Gasteiger partial charge in [-0.05, 0) is 31.1 Å². The Morgan fingerprint density at radius 3 is 2.83 bits per heavy atom. The van der Waals surface area contributed by atoms with Crippen molar-refractivity contribution in [3.05, 3.63) is 35.6 Å². The van der Waals surface area contributed by atoms with E-state index in [4.69, 9.17) is 10.00 Å². The Bertz CT molecular complexity index is 1150. The number of phenols is 1. The van der Waals surface area contributed by atoms with Crippen molar-refractivity contribution in [3.8, 4) is 23.7 Å². The van der Waals surface area contributed by atoms with Crippen molar-refractivity contribution >= 4 is 27.6 Å². The first kappa shape index (κ1) is 21.2. The lowest BCUT2D eigenvalue weighted by Crippen LogP contribution is -2.32. The van der Waals surface area contributed by atoms with Gasteiger partial charge in [-0.3, -0.25) is 0 Å². The van der Waals surface area contributed by atoms with Crippen LogP contribution in [-0.2, 0) is 14.9 Å². The van der Waals surface area contributed by atoms with Crippen molar-refractivity contribution in [2.75, 3.05) is 11.9 Å². The summed E-state index contributed by atoms with van der Waals surface area (Å²) in [6, 6.07) is 5.59. The summed E-state index contributed by atoms with van der Waals surface area (Å²) in [7, 11) is -4.01. The number of aromatic hydroxyl groups is 1. The number of nitrogens with one attached hydrogen (secondary N) is 2. The number of hydrogen-bond donors (Lipinski definition) is 3. The molecule has 156 valence electrons. The normalized spacial score (nSPS) is 21.6. The zero-order valence-electron chi connectivity index (χ0n) is 16.7. The van der Waals surface area contributed by atoms with Crippen LogP contribution in [0.5, 0.6) is 5.75 Å². The summed E-state index contributed by atoms with van der Waals surface area (Å²) in [6.07, 6.45) is 1.96. The monoisotopic (exact) mass is 427 g/mol. The van der Waals surface area contributed by atoms with Gasteiger partial charge in [0.25, 0.3) is 0 Å². The van der Waals surface area contributed by atoms with Gasteiger partial charge in [-0.25, -0.2) is 9.71 Å². The molecule has 3 N–H and O–H groups in total. The van der Waals surface area contributed by atoms with Crippen LogP contribution in [0.4, 0.5) is 5.69 Å². The number of rotatable bonds is 4. The molecule has 2 unspecified atom stereocenters. The number of nitrogens with zero attached hydrogens (tertiary/aromatic N) is 3. The van der Waals surface area contributed by atoms with Crippen LogP contribution in [0.25, 0.3) is 0 Å². The predicted octanol–water partition coefficient (Wildman–Crippen LogP) is 1.90. The van der Waals surface area contributed by atoms with Gasteiger partial charge in [0.1, 0.15) is 11.8 Å². The summed E-state index contributed by atoms with van der Waals surface area (Å²) in [5.74, 6) is 6.33. The molecule has 0 amide bonds. The highest BCUT2D eigenvalue weighted by molar-refractivity contribution is 7.89. The molecule has 0 saturated heterocycles. The third-order valence-corrected chi connectivity index (χ3v) is 5.43. The maximum absolute atomic E-state index is 12.0. The first-order chi connectivity index (χ1) is 14.2. The van der Waals surface area contributed by atoms with Crippen molar-refractivity contribution in [1.29, 1.82) is 5.26 Å². The first-order valence-corrected chi connectivity index (χ1v) is 10.6. The Kier molecular flexibility index (Phi) is 5.99. The SMILES string of the molecule is CC#CC(N=C1NS(=O)(=O)N=C1Nc1cccc(C#N)c1O)C1=CC(C(C)C)CO1. The highest BCUT2D eigenvalue weighted by atomic mass is 32.2. The van der Waals surface area contributed by atoms with Gasteiger partial charge < -0.3 is 15.2 Å². The second-order valence-corrected chi connectivity index (χ2v) is 8.35. The summed E-state index contributed by atoms with van der Waals surface area (Å²) in [5.41, 5.74) is 0.153. The van der Waals surface area contributed by atoms with Gasteiger partial charge in [0.15, 0.2) is 23.5 Å². The average molecular weight is 427 g/mol. The molecule has 0 fully saturated rings. The molecule has 10 heteroatoms. The maximum atomic E-state index is 12.0. The summed E-state index contributed by atoms with van der Waals surface area (Å²) in [5, 5.41) is 22.0. The summed E-state index contributed by atoms with van der Waals surface area (Å²) in [4.78, 5) is 4.41. The van der Waals surface area contributed by atoms with Crippen LogP contribution in [0, 0.1) is 35.0 Å². The molecule has 0 radical (unpaired) electrons. The molecular formula is C20H21N5O4S. The van der Waals surface area contributed by atoms with Crippen molar-refractivity contribution in [2.24, 2.45) is 21.2 Å². The minimum absolute atomic E-state index is 0.0341. The van der Waals surface area contributed by atoms with Crippen molar-refractivity contribution < 1.29 is 18.3 Å². The highest BCUT2D eigenvalue weighted by Crippen LogP contribution is 2.28. The minimum atomic E-state index is -4.01. The topological polar surface area (TPSA) is 136 Å². The molecule has 30 heavy (non-hydrogen) atoms. The molecule has 2 atom stereocenters. The van der Waals surface area contributed by atoms with Crippen molar-refractivity contribution in [2.45, 2.75) is 26.8 Å². The molecule has 2 aliphatic heterocycles. The standard InChI is InChI=1S/C20H21N5O4S/c1-4-6-15(17-9-14(11-29-17)12(2)3)22-19-20(25-30(27,28)24-19)23-16-8-5-7-13(10-21)18(16)26/h5,7-9,12,14-15,26H,11H2,1-3H3,(H,22,24)(H,23,25). The third kappa shape index (κ3) is 4.56. The predicted molar refractivity (Wildman–Crippen MR) is 113 cm³/mol. The van der Waals surface area contributed by atoms with Crippen LogP contribution in [-0.4, -0.2) is 37.8 Å². The molecule has 2 aliphatic rings. The van der Waals surface area contributed by atoms with Crippen LogP contribution in [0.15, 0.2) is 39.4 Å². The molecule has 1 aromatic rings. The van der Waals surface area contributed by atoms with Gasteiger partial charge in [-0.1, -0.05) is 25.8 Å². The molecule has 9 nitrogen and oxygen atoms in total. The fourth-order valence-corrected chi connectivity index (χ4v) is 3.69. The van der Waals surface area contributed by atoms with Crippen molar-refractivity contribution in [3.63, 3.8) is 0 Å². The summed E-state index contributed by atoms with van der Waals surface area (Å²) < 4.78 is 35.7. The number of anilines is 1. The van der Waals surface area contributed by atoms with Gasteiger partial charge in [0.2, 0.25) is 0 Å².